The number of quaternary nitrogens is 1. The van der Waals surface area contributed by atoms with Crippen molar-refractivity contribution < 1.29 is 37.3 Å². The average molecular weight is 1190 g/mol. The molecule has 0 aliphatic rings. The molecule has 1 N–H and O–H groups in total. The molecule has 0 aromatic heterocycles. The van der Waals surface area contributed by atoms with Crippen LogP contribution in [0.3, 0.4) is 0 Å². The predicted octanol–water partition coefficient (Wildman–Crippen LogP) is 21.9. The number of nitrogens with zero attached hydrogens (tertiary/aromatic N) is 1. The fourth-order valence-electron chi connectivity index (χ4n) is 10.4. The lowest BCUT2D eigenvalue weighted by atomic mass is 10.0. The smallest absolute Gasteiger partial charge is 0.306 e. The average Bonchev–Trinajstić information content (AvgIpc) is 3.51. The number of nitrogens with one attached hydrogen (secondary N) is 1. The minimum atomic E-state index is -4.71. The molecule has 3 atom stereocenters. The fourth-order valence-corrected chi connectivity index (χ4v) is 11.1. The van der Waals surface area contributed by atoms with Crippen molar-refractivity contribution in [2.24, 2.45) is 0 Å². The molecule has 1 amide bonds. The molecule has 0 radical (unpaired) electrons. The van der Waals surface area contributed by atoms with Crippen molar-refractivity contribution in [1.29, 1.82) is 0 Å². The lowest BCUT2D eigenvalue weighted by Gasteiger charge is -2.30. The van der Waals surface area contributed by atoms with E-state index in [9.17, 15) is 19.0 Å². The van der Waals surface area contributed by atoms with E-state index < -0.39 is 26.6 Å². The van der Waals surface area contributed by atoms with Crippen LogP contribution in [-0.4, -0.2) is 69.4 Å². The number of likely N-dealkylation sites (N-methyl/N-ethyl adjacent to an activating group) is 1. The minimum absolute atomic E-state index is 0.0244. The quantitative estimate of drug-likeness (QED) is 0.0212. The molecule has 0 fully saturated rings. The summed E-state index contributed by atoms with van der Waals surface area (Å²) in [5.74, 6) is -0.544. The zero-order chi connectivity index (χ0) is 60.7. The van der Waals surface area contributed by atoms with Crippen LogP contribution in [-0.2, 0) is 27.9 Å². The van der Waals surface area contributed by atoms with Gasteiger partial charge in [-0.3, -0.25) is 14.2 Å². The van der Waals surface area contributed by atoms with Crippen LogP contribution in [0, 0.1) is 0 Å². The number of carbonyl (C=O) groups excluding carboxylic acids is 2. The highest BCUT2D eigenvalue weighted by Gasteiger charge is 2.27. The summed E-state index contributed by atoms with van der Waals surface area (Å²) in [5, 5.41) is 3.04. The van der Waals surface area contributed by atoms with E-state index in [1.807, 2.05) is 33.3 Å². The largest absolute Gasteiger partial charge is 0.756 e. The highest BCUT2D eigenvalue weighted by atomic mass is 31.2. The molecule has 0 aromatic rings. The third kappa shape index (κ3) is 64.0. The number of phosphoric ester groups is 1. The number of allylic oxidation sites excluding steroid dienone is 9. The van der Waals surface area contributed by atoms with E-state index in [4.69, 9.17) is 13.8 Å². The minimum Gasteiger partial charge on any atom is -0.756 e. The van der Waals surface area contributed by atoms with Crippen molar-refractivity contribution in [2.75, 3.05) is 40.9 Å². The van der Waals surface area contributed by atoms with Crippen molar-refractivity contribution in [3.63, 3.8) is 0 Å². The Bertz CT molecular complexity index is 1600. The summed E-state index contributed by atoms with van der Waals surface area (Å²) in [5.41, 5.74) is 0. The number of ether oxygens (including phenoxy) is 1. The summed E-state index contributed by atoms with van der Waals surface area (Å²) in [6, 6.07) is -0.894. The molecule has 0 bridgehead atoms. The van der Waals surface area contributed by atoms with Crippen molar-refractivity contribution in [2.45, 2.75) is 354 Å². The SMILES string of the molecule is CCCCC/C=C\C/C=C\C/C=C\CCCCCCCCC(=O)OC(/C=C\CCCCCCCCCCC)C(COP(=O)([O-])OCC[N+](C)(C)C)NC(=O)CCCCCCCCCCCCCCCCCCC/C=C/CCCCCCCC. The Balaban J connectivity index is 4.98. The van der Waals surface area contributed by atoms with Crippen LogP contribution in [0.25, 0.3) is 0 Å². The van der Waals surface area contributed by atoms with Gasteiger partial charge in [-0.25, -0.2) is 0 Å². The van der Waals surface area contributed by atoms with Crippen LogP contribution in [0.15, 0.2) is 60.8 Å². The molecule has 83 heavy (non-hydrogen) atoms. The summed E-state index contributed by atoms with van der Waals surface area (Å²) in [7, 11) is 1.18. The van der Waals surface area contributed by atoms with Gasteiger partial charge in [-0.2, -0.15) is 0 Å². The number of carbonyl (C=O) groups is 2. The van der Waals surface area contributed by atoms with E-state index in [1.54, 1.807) is 0 Å². The Morgan fingerprint density at radius 3 is 1.13 bits per heavy atom. The van der Waals surface area contributed by atoms with Crippen LogP contribution in [0.2, 0.25) is 0 Å². The van der Waals surface area contributed by atoms with Crippen molar-refractivity contribution >= 4 is 19.7 Å². The van der Waals surface area contributed by atoms with E-state index in [-0.39, 0.29) is 24.9 Å². The van der Waals surface area contributed by atoms with Gasteiger partial charge in [-0.15, -0.1) is 0 Å². The molecular weight excluding hydrogens is 1050 g/mol. The monoisotopic (exact) mass is 1190 g/mol. The van der Waals surface area contributed by atoms with Crippen LogP contribution < -0.4 is 10.2 Å². The number of esters is 1. The summed E-state index contributed by atoms with van der Waals surface area (Å²) in [6.45, 7) is 6.84. The molecule has 9 nitrogen and oxygen atoms in total. The van der Waals surface area contributed by atoms with Crippen LogP contribution in [0.1, 0.15) is 342 Å². The predicted molar refractivity (Wildman–Crippen MR) is 358 cm³/mol. The number of unbranched alkanes of at least 4 members (excludes halogenated alkanes) is 41. The van der Waals surface area contributed by atoms with Gasteiger partial charge < -0.3 is 28.5 Å². The van der Waals surface area contributed by atoms with E-state index >= 15 is 0 Å². The standard InChI is InChI=1S/C73H137N2O7P/c1-7-10-13-16-19-22-25-27-29-31-33-34-35-36-37-38-39-40-42-43-45-47-50-53-56-59-62-65-72(76)74-70(69-81-83(78,79)80-68-67-75(4,5)6)71(64-61-58-55-52-49-24-21-18-15-12-9-3)82-73(77)66-63-60-57-54-51-48-46-44-41-32-30-28-26-23-20-17-14-11-8-2/h20,23,27-30,41,44,61,64,70-71H,7-19,21-22,24-26,31-40,42-43,45-60,62-63,65-69H2,1-6H3,(H-,74,76,78,79)/b23-20-,29-27+,30-28-,44-41-,64-61-. The number of rotatable bonds is 65. The number of hydrogen-bond donors (Lipinski definition) is 1. The Morgan fingerprint density at radius 1 is 0.422 bits per heavy atom. The Morgan fingerprint density at radius 2 is 0.735 bits per heavy atom. The second kappa shape index (κ2) is 62.8. The van der Waals surface area contributed by atoms with Crippen LogP contribution in [0.5, 0.6) is 0 Å². The summed E-state index contributed by atoms with van der Waals surface area (Å²) >= 11 is 0. The molecule has 3 unspecified atom stereocenters. The summed E-state index contributed by atoms with van der Waals surface area (Å²) in [6.07, 6.45) is 80.6. The number of hydrogen-bond acceptors (Lipinski definition) is 7. The maximum Gasteiger partial charge on any atom is 0.306 e. The topological polar surface area (TPSA) is 114 Å². The zero-order valence-electron chi connectivity index (χ0n) is 55.7. The highest BCUT2D eigenvalue weighted by molar-refractivity contribution is 7.45. The lowest BCUT2D eigenvalue weighted by Crippen LogP contribution is -2.47. The Kier molecular flexibility index (Phi) is 61.0. The summed E-state index contributed by atoms with van der Waals surface area (Å²) in [4.78, 5) is 40.1. The number of phosphoric acid groups is 1. The first-order valence-electron chi connectivity index (χ1n) is 35.6. The van der Waals surface area contributed by atoms with Gasteiger partial charge in [0, 0.05) is 12.8 Å². The van der Waals surface area contributed by atoms with Crippen LogP contribution >= 0.6 is 7.82 Å². The van der Waals surface area contributed by atoms with E-state index in [1.165, 1.54) is 225 Å². The molecule has 0 aliphatic heterocycles. The van der Waals surface area contributed by atoms with Crippen molar-refractivity contribution in [1.82, 2.24) is 5.32 Å². The normalized spacial score (nSPS) is 13.9. The molecule has 0 spiro atoms. The van der Waals surface area contributed by atoms with E-state index in [2.05, 4.69) is 74.7 Å². The zero-order valence-corrected chi connectivity index (χ0v) is 56.6. The van der Waals surface area contributed by atoms with Gasteiger partial charge >= 0.3 is 5.97 Å². The fraction of sp³-hybridized carbons (Fsp3) is 0.836. The van der Waals surface area contributed by atoms with Crippen molar-refractivity contribution in [3.8, 4) is 0 Å². The second-order valence-corrected chi connectivity index (χ2v) is 26.8. The van der Waals surface area contributed by atoms with Crippen molar-refractivity contribution in [3.05, 3.63) is 60.8 Å². The first-order chi connectivity index (χ1) is 40.4. The van der Waals surface area contributed by atoms with Crippen LogP contribution in [0.4, 0.5) is 0 Å². The molecule has 10 heteroatoms. The van der Waals surface area contributed by atoms with Gasteiger partial charge in [0.05, 0.1) is 33.8 Å². The summed E-state index contributed by atoms with van der Waals surface area (Å²) < 4.78 is 30.4. The Labute approximate surface area is 515 Å². The van der Waals surface area contributed by atoms with Gasteiger partial charge in [0.1, 0.15) is 19.3 Å². The highest BCUT2D eigenvalue weighted by Crippen LogP contribution is 2.38. The number of amides is 1. The maximum absolute atomic E-state index is 13.6. The first-order valence-corrected chi connectivity index (χ1v) is 37.1. The van der Waals surface area contributed by atoms with Gasteiger partial charge in [0.15, 0.2) is 0 Å². The van der Waals surface area contributed by atoms with Gasteiger partial charge in [-0.05, 0) is 96.0 Å². The third-order valence-corrected chi connectivity index (χ3v) is 16.9. The molecule has 0 saturated heterocycles. The molecule has 0 heterocycles. The lowest BCUT2D eigenvalue weighted by molar-refractivity contribution is -0.870. The van der Waals surface area contributed by atoms with Gasteiger partial charge in [0.2, 0.25) is 5.91 Å². The second-order valence-electron chi connectivity index (χ2n) is 25.4. The molecule has 0 saturated carbocycles. The van der Waals surface area contributed by atoms with E-state index in [0.29, 0.717) is 17.4 Å². The Hall–Kier alpha value is -2.29. The third-order valence-electron chi connectivity index (χ3n) is 15.9. The van der Waals surface area contributed by atoms with Gasteiger partial charge in [-0.1, -0.05) is 294 Å². The molecule has 0 aromatic carbocycles. The molecule has 0 rings (SSSR count). The van der Waals surface area contributed by atoms with Gasteiger partial charge in [0.25, 0.3) is 7.82 Å². The molecular formula is C73H137N2O7P. The first kappa shape index (κ1) is 80.7. The molecule has 486 valence electrons. The van der Waals surface area contributed by atoms with E-state index in [0.717, 1.165) is 83.5 Å². The molecule has 0 aliphatic carbocycles. The maximum atomic E-state index is 13.6.